The molecule has 2 aromatic carbocycles. The fraction of sp³-hybridized carbons (Fsp3) is 0.304. The van der Waals surface area contributed by atoms with E-state index in [1.54, 1.807) is 7.11 Å². The lowest BCUT2D eigenvalue weighted by molar-refractivity contribution is 0.331. The fourth-order valence-corrected chi connectivity index (χ4v) is 2.72. The van der Waals surface area contributed by atoms with E-state index in [1.807, 2.05) is 60.7 Å². The molecular weight excluding hydrogens is 364 g/mol. The highest BCUT2D eigenvalue weighted by molar-refractivity contribution is 5.64. The number of aromatic nitrogens is 2. The van der Waals surface area contributed by atoms with Crippen molar-refractivity contribution in [3.63, 3.8) is 0 Å². The number of ether oxygens (including phenoxy) is 2. The Bertz CT molecular complexity index is 885. The van der Waals surface area contributed by atoms with Crippen LogP contribution in [0.4, 0.5) is 11.8 Å². The molecule has 0 bridgehead atoms. The van der Waals surface area contributed by atoms with E-state index < -0.39 is 0 Å². The minimum absolute atomic E-state index is 0.333. The quantitative estimate of drug-likeness (QED) is 0.481. The first-order valence-corrected chi connectivity index (χ1v) is 9.89. The minimum Gasteiger partial charge on any atom is -0.497 e. The molecule has 1 unspecified atom stereocenters. The predicted octanol–water partition coefficient (Wildman–Crippen LogP) is 4.85. The second-order valence-corrected chi connectivity index (χ2v) is 6.73. The first kappa shape index (κ1) is 20.5. The van der Waals surface area contributed by atoms with Crippen molar-refractivity contribution in [1.29, 1.82) is 0 Å². The van der Waals surface area contributed by atoms with Crippen molar-refractivity contribution in [2.24, 2.45) is 0 Å². The monoisotopic (exact) mass is 392 g/mol. The van der Waals surface area contributed by atoms with Crippen LogP contribution in [0.1, 0.15) is 20.3 Å². The summed E-state index contributed by atoms with van der Waals surface area (Å²) in [5, 5.41) is 6.70. The lowest BCUT2D eigenvalue weighted by Gasteiger charge is -2.15. The third-order valence-electron chi connectivity index (χ3n) is 4.52. The van der Waals surface area contributed by atoms with E-state index in [9.17, 15) is 0 Å². The highest BCUT2D eigenvalue weighted by Crippen LogP contribution is 2.22. The van der Waals surface area contributed by atoms with Gasteiger partial charge in [-0.2, -0.15) is 4.98 Å². The highest BCUT2D eigenvalue weighted by atomic mass is 16.5. The van der Waals surface area contributed by atoms with Crippen molar-refractivity contribution in [3.05, 3.63) is 60.7 Å². The fourth-order valence-electron chi connectivity index (χ4n) is 2.72. The number of hydrogen-bond acceptors (Lipinski definition) is 6. The molecule has 1 aromatic heterocycles. The van der Waals surface area contributed by atoms with E-state index in [0.717, 1.165) is 35.0 Å². The van der Waals surface area contributed by atoms with E-state index in [2.05, 4.69) is 34.4 Å². The smallest absolute Gasteiger partial charge is 0.225 e. The van der Waals surface area contributed by atoms with Crippen molar-refractivity contribution in [1.82, 2.24) is 9.97 Å². The number of rotatable bonds is 10. The van der Waals surface area contributed by atoms with Gasteiger partial charge in [-0.25, -0.2) is 4.98 Å². The molecular formula is C23H28N4O2. The lowest BCUT2D eigenvalue weighted by atomic mass is 10.1. The Morgan fingerprint density at radius 3 is 2.38 bits per heavy atom. The molecule has 0 amide bonds. The van der Waals surface area contributed by atoms with Crippen LogP contribution in [0.25, 0.3) is 11.3 Å². The second kappa shape index (κ2) is 10.3. The van der Waals surface area contributed by atoms with Gasteiger partial charge in [-0.15, -0.1) is 0 Å². The van der Waals surface area contributed by atoms with E-state index in [-0.39, 0.29) is 0 Å². The van der Waals surface area contributed by atoms with Gasteiger partial charge in [0.05, 0.1) is 19.3 Å². The zero-order valence-corrected chi connectivity index (χ0v) is 17.2. The van der Waals surface area contributed by atoms with Gasteiger partial charge in [0.2, 0.25) is 5.95 Å². The van der Waals surface area contributed by atoms with Gasteiger partial charge in [0.15, 0.2) is 0 Å². The molecule has 0 spiro atoms. The van der Waals surface area contributed by atoms with Gasteiger partial charge < -0.3 is 20.1 Å². The summed E-state index contributed by atoms with van der Waals surface area (Å²) in [6.45, 7) is 5.37. The summed E-state index contributed by atoms with van der Waals surface area (Å²) < 4.78 is 10.9. The van der Waals surface area contributed by atoms with Crippen LogP contribution in [0, 0.1) is 0 Å². The average Bonchev–Trinajstić information content (AvgIpc) is 2.77. The number of methoxy groups -OCH3 is 1. The zero-order chi connectivity index (χ0) is 20.5. The second-order valence-electron chi connectivity index (χ2n) is 6.73. The molecule has 29 heavy (non-hydrogen) atoms. The molecule has 0 aliphatic heterocycles. The summed E-state index contributed by atoms with van der Waals surface area (Å²) in [5.41, 5.74) is 1.93. The number of nitrogens with one attached hydrogen (secondary N) is 2. The van der Waals surface area contributed by atoms with Crippen molar-refractivity contribution in [2.75, 3.05) is 30.9 Å². The topological polar surface area (TPSA) is 68.3 Å². The zero-order valence-electron chi connectivity index (χ0n) is 17.2. The van der Waals surface area contributed by atoms with Crippen molar-refractivity contribution < 1.29 is 9.47 Å². The van der Waals surface area contributed by atoms with E-state index in [0.29, 0.717) is 25.1 Å². The molecule has 6 heteroatoms. The summed E-state index contributed by atoms with van der Waals surface area (Å²) >= 11 is 0. The van der Waals surface area contributed by atoms with Gasteiger partial charge in [-0.1, -0.05) is 37.3 Å². The summed E-state index contributed by atoms with van der Waals surface area (Å²) in [7, 11) is 1.65. The normalized spacial score (nSPS) is 11.6. The summed E-state index contributed by atoms with van der Waals surface area (Å²) in [6.07, 6.45) is 1.02. The molecule has 0 saturated heterocycles. The number of anilines is 2. The molecule has 152 valence electrons. The van der Waals surface area contributed by atoms with Crippen molar-refractivity contribution in [3.8, 4) is 22.8 Å². The van der Waals surface area contributed by atoms with Gasteiger partial charge in [0.25, 0.3) is 0 Å². The maximum absolute atomic E-state index is 5.77. The van der Waals surface area contributed by atoms with Crippen LogP contribution in [0.5, 0.6) is 11.5 Å². The largest absolute Gasteiger partial charge is 0.497 e. The van der Waals surface area contributed by atoms with E-state index in [4.69, 9.17) is 9.47 Å². The Balaban J connectivity index is 1.65. The Kier molecular flexibility index (Phi) is 7.28. The van der Waals surface area contributed by atoms with Crippen LogP contribution in [0.3, 0.4) is 0 Å². The lowest BCUT2D eigenvalue weighted by Crippen LogP contribution is -2.17. The molecule has 0 fully saturated rings. The average molecular weight is 393 g/mol. The van der Waals surface area contributed by atoms with Crippen LogP contribution in [-0.2, 0) is 0 Å². The van der Waals surface area contributed by atoms with Crippen LogP contribution in [0.2, 0.25) is 0 Å². The molecule has 0 aliphatic carbocycles. The Morgan fingerprint density at radius 2 is 1.69 bits per heavy atom. The van der Waals surface area contributed by atoms with E-state index >= 15 is 0 Å². The number of hydrogen-bond donors (Lipinski definition) is 2. The Labute approximate surface area is 172 Å². The molecule has 0 aliphatic rings. The maximum atomic E-state index is 5.77. The molecule has 2 N–H and O–H groups in total. The summed E-state index contributed by atoms with van der Waals surface area (Å²) in [6, 6.07) is 20.0. The molecule has 3 aromatic rings. The van der Waals surface area contributed by atoms with Gasteiger partial charge in [-0.05, 0) is 37.6 Å². The van der Waals surface area contributed by atoms with Gasteiger partial charge in [-0.3, -0.25) is 0 Å². The number of benzene rings is 2. The predicted molar refractivity (Wildman–Crippen MR) is 118 cm³/mol. The highest BCUT2D eigenvalue weighted by Gasteiger charge is 2.08. The van der Waals surface area contributed by atoms with Crippen LogP contribution < -0.4 is 20.1 Å². The Morgan fingerprint density at radius 1 is 0.966 bits per heavy atom. The molecule has 0 saturated carbocycles. The van der Waals surface area contributed by atoms with Gasteiger partial charge in [0, 0.05) is 17.7 Å². The number of nitrogens with zero attached hydrogens (tertiary/aromatic N) is 2. The van der Waals surface area contributed by atoms with Crippen molar-refractivity contribution >= 4 is 11.8 Å². The first-order valence-electron chi connectivity index (χ1n) is 9.89. The SMILES string of the molecule is CCC(C)Nc1cc(-c2ccccc2)nc(NCCOc2ccc(OC)cc2)n1. The molecule has 0 radical (unpaired) electrons. The van der Waals surface area contributed by atoms with Crippen LogP contribution in [0.15, 0.2) is 60.7 Å². The molecule has 3 rings (SSSR count). The van der Waals surface area contributed by atoms with E-state index in [1.165, 1.54) is 0 Å². The first-order chi connectivity index (χ1) is 14.2. The third-order valence-corrected chi connectivity index (χ3v) is 4.52. The van der Waals surface area contributed by atoms with Crippen LogP contribution in [-0.4, -0.2) is 36.3 Å². The maximum Gasteiger partial charge on any atom is 0.225 e. The standard InChI is InChI=1S/C23H28N4O2/c1-4-17(2)25-22-16-21(18-8-6-5-7-9-18)26-23(27-22)24-14-15-29-20-12-10-19(28-3)11-13-20/h5-13,16-17H,4,14-15H2,1-3H3,(H2,24,25,26,27). The van der Waals surface area contributed by atoms with Crippen LogP contribution >= 0.6 is 0 Å². The van der Waals surface area contributed by atoms with Gasteiger partial charge >= 0.3 is 0 Å². The molecule has 6 nitrogen and oxygen atoms in total. The third kappa shape index (κ3) is 6.10. The Hall–Kier alpha value is -3.28. The minimum atomic E-state index is 0.333. The van der Waals surface area contributed by atoms with Crippen molar-refractivity contribution in [2.45, 2.75) is 26.3 Å². The summed E-state index contributed by atoms with van der Waals surface area (Å²) in [5.74, 6) is 3.00. The summed E-state index contributed by atoms with van der Waals surface area (Å²) in [4.78, 5) is 9.28. The molecule has 1 heterocycles. The van der Waals surface area contributed by atoms with Gasteiger partial charge in [0.1, 0.15) is 23.9 Å². The molecule has 1 atom stereocenters.